The highest BCUT2D eigenvalue weighted by atomic mass is 31.2. The molecule has 1 unspecified atom stereocenters. The Morgan fingerprint density at radius 1 is 0.974 bits per heavy atom. The molecule has 8 nitrogen and oxygen atoms in total. The maximum Gasteiger partial charge on any atom is 0.472 e. The van der Waals surface area contributed by atoms with Gasteiger partial charge in [0.2, 0.25) is 0 Å². The Bertz CT molecular complexity index is 930. The predicted octanol–water partition coefficient (Wildman–Crippen LogP) is 5.61. The number of benzene rings is 2. The van der Waals surface area contributed by atoms with Gasteiger partial charge in [-0.1, -0.05) is 62.9 Å². The molecule has 0 aromatic heterocycles. The van der Waals surface area contributed by atoms with E-state index in [0.717, 1.165) is 5.56 Å². The number of hydrogen-bond acceptors (Lipinski definition) is 6. The molecule has 9 heteroatoms. The van der Waals surface area contributed by atoms with E-state index in [2.05, 4.69) is 55.5 Å². The van der Waals surface area contributed by atoms with Gasteiger partial charge in [-0.2, -0.15) is 0 Å². The molecule has 0 bridgehead atoms. The highest BCUT2D eigenvalue weighted by Gasteiger charge is 2.19. The maximum atomic E-state index is 11.2. The van der Waals surface area contributed by atoms with Crippen LogP contribution >= 0.6 is 7.82 Å². The number of aryl methyl sites for hydroxylation is 2. The van der Waals surface area contributed by atoms with Crippen molar-refractivity contribution in [2.75, 3.05) is 33.9 Å². The summed E-state index contributed by atoms with van der Waals surface area (Å²) in [6, 6.07) is 15.2. The van der Waals surface area contributed by atoms with Crippen molar-refractivity contribution in [1.29, 1.82) is 0 Å². The molecule has 2 aromatic rings. The first-order valence-corrected chi connectivity index (χ1v) is 14.4. The average molecular weight is 555 g/mol. The van der Waals surface area contributed by atoms with Crippen LogP contribution in [0, 0.1) is 0 Å². The van der Waals surface area contributed by atoms with Crippen LogP contribution in [0.15, 0.2) is 73.0 Å². The Morgan fingerprint density at radius 3 is 2.05 bits per heavy atom. The van der Waals surface area contributed by atoms with Gasteiger partial charge in [0.05, 0.1) is 39.6 Å². The standard InChI is InChI=1S/C11H17N.C11H17O6P.C5H8O.C2H6/c1-12(2)10-6-9-11-7-4-3-5-8-11;1-2-16-18(14,15)17-7-3-4-9-5-6-10(12)11(13)8-9;1-3-4-5(2)6;1-2/h3-5,7-8H,6,9-10H2,1-2H3;5-6,8,12-13H,2-4,7H2,1H3,(H,14,15);3-4,6H,1H2,2H3;1-2H3/p+1/b;;5-4+;. The highest BCUT2D eigenvalue weighted by molar-refractivity contribution is 7.47. The molecule has 0 saturated heterocycles. The number of phenols is 2. The molecule has 0 aliphatic carbocycles. The third-order valence-electron chi connectivity index (χ3n) is 4.54. The predicted molar refractivity (Wildman–Crippen MR) is 156 cm³/mol. The number of aliphatic hydroxyl groups excluding tert-OH is 1. The number of phosphoric ester groups is 1. The molecule has 0 saturated carbocycles. The normalized spacial score (nSPS) is 12.1. The lowest BCUT2D eigenvalue weighted by atomic mass is 10.1. The van der Waals surface area contributed by atoms with E-state index in [-0.39, 0.29) is 24.7 Å². The van der Waals surface area contributed by atoms with Crippen molar-refractivity contribution in [1.82, 2.24) is 0 Å². The minimum absolute atomic E-state index is 0.0788. The molecule has 0 amide bonds. The first kappa shape index (κ1) is 37.5. The molecular weight excluding hydrogens is 505 g/mol. The van der Waals surface area contributed by atoms with Crippen molar-refractivity contribution in [3.63, 3.8) is 0 Å². The Hall–Kier alpha value is -2.61. The lowest BCUT2D eigenvalue weighted by Gasteiger charge is -2.10. The molecule has 2 aromatic carbocycles. The van der Waals surface area contributed by atoms with Crippen LogP contribution in [0.4, 0.5) is 0 Å². The molecule has 0 heterocycles. The van der Waals surface area contributed by atoms with Crippen LogP contribution in [0.3, 0.4) is 0 Å². The van der Waals surface area contributed by atoms with Crippen LogP contribution in [0.2, 0.25) is 0 Å². The Labute approximate surface area is 229 Å². The maximum absolute atomic E-state index is 11.2. The second-order valence-corrected chi connectivity index (χ2v) is 9.69. The summed E-state index contributed by atoms with van der Waals surface area (Å²) in [5.74, 6) is -0.0632. The van der Waals surface area contributed by atoms with Crippen molar-refractivity contribution in [3.8, 4) is 11.5 Å². The summed E-state index contributed by atoms with van der Waals surface area (Å²) in [6.45, 7) is 12.0. The van der Waals surface area contributed by atoms with E-state index in [9.17, 15) is 9.67 Å². The summed E-state index contributed by atoms with van der Waals surface area (Å²) in [7, 11) is 0.478. The van der Waals surface area contributed by atoms with Crippen LogP contribution < -0.4 is 4.90 Å². The second kappa shape index (κ2) is 23.5. The van der Waals surface area contributed by atoms with Gasteiger partial charge in [0.1, 0.15) is 0 Å². The van der Waals surface area contributed by atoms with Gasteiger partial charge in [-0.25, -0.2) is 4.57 Å². The Balaban J connectivity index is 0. The number of rotatable bonds is 12. The van der Waals surface area contributed by atoms with E-state index in [1.807, 2.05) is 13.8 Å². The number of aromatic hydroxyl groups is 2. The summed E-state index contributed by atoms with van der Waals surface area (Å²) in [5, 5.41) is 26.7. The van der Waals surface area contributed by atoms with Gasteiger partial charge in [-0.15, -0.1) is 0 Å². The van der Waals surface area contributed by atoms with Crippen molar-refractivity contribution in [3.05, 3.63) is 84.1 Å². The fourth-order valence-electron chi connectivity index (χ4n) is 2.84. The minimum Gasteiger partial charge on any atom is -0.513 e. The zero-order valence-electron chi connectivity index (χ0n) is 23.9. The van der Waals surface area contributed by atoms with Crippen LogP contribution in [0.25, 0.3) is 0 Å². The summed E-state index contributed by atoms with van der Waals surface area (Å²) in [6.07, 6.45) is 6.62. The number of aliphatic hydroxyl groups is 1. The van der Waals surface area contributed by atoms with Gasteiger partial charge in [-0.3, -0.25) is 9.05 Å². The molecule has 0 spiro atoms. The second-order valence-electron chi connectivity index (χ2n) is 8.24. The van der Waals surface area contributed by atoms with Gasteiger partial charge in [0, 0.05) is 6.42 Å². The largest absolute Gasteiger partial charge is 0.513 e. The van der Waals surface area contributed by atoms with Gasteiger partial charge < -0.3 is 25.1 Å². The fourth-order valence-corrected chi connectivity index (χ4v) is 3.60. The van der Waals surface area contributed by atoms with Crippen LogP contribution in [0.5, 0.6) is 11.5 Å². The van der Waals surface area contributed by atoms with Gasteiger partial charge in [0.15, 0.2) is 11.5 Å². The third kappa shape index (κ3) is 22.6. The highest BCUT2D eigenvalue weighted by Crippen LogP contribution is 2.42. The molecule has 1 atom stereocenters. The smallest absolute Gasteiger partial charge is 0.472 e. The fraction of sp³-hybridized carbons (Fsp3) is 0.448. The van der Waals surface area contributed by atoms with Crippen molar-refractivity contribution in [2.45, 2.75) is 53.4 Å². The van der Waals surface area contributed by atoms with E-state index < -0.39 is 7.82 Å². The average Bonchev–Trinajstić information content (AvgIpc) is 2.86. The summed E-state index contributed by atoms with van der Waals surface area (Å²) in [4.78, 5) is 10.7. The SMILES string of the molecule is C=C/C=C(\C)O.CC.CCOP(=O)(O)OCCCc1ccc(O)c(O)c1.C[NH+](C)CCCc1ccccc1. The van der Waals surface area contributed by atoms with E-state index in [1.54, 1.807) is 19.9 Å². The van der Waals surface area contributed by atoms with Crippen LogP contribution in [-0.2, 0) is 26.5 Å². The lowest BCUT2D eigenvalue weighted by molar-refractivity contribution is -0.858. The lowest BCUT2D eigenvalue weighted by Crippen LogP contribution is -3.05. The Kier molecular flexibility index (Phi) is 23.2. The number of quaternary nitrogens is 1. The molecule has 5 N–H and O–H groups in total. The van der Waals surface area contributed by atoms with Crippen molar-refractivity contribution in [2.24, 2.45) is 0 Å². The minimum atomic E-state index is -3.92. The molecule has 216 valence electrons. The number of allylic oxidation sites excluding steroid dienone is 3. The molecular formula is C29H49NO7P+. The molecule has 0 aliphatic heterocycles. The number of phenolic OH excluding ortho intramolecular Hbond substituents is 2. The Morgan fingerprint density at radius 2 is 1.58 bits per heavy atom. The summed E-state index contributed by atoms with van der Waals surface area (Å²) < 4.78 is 20.4. The van der Waals surface area contributed by atoms with E-state index in [0.29, 0.717) is 18.6 Å². The van der Waals surface area contributed by atoms with Crippen molar-refractivity contribution >= 4 is 7.82 Å². The zero-order valence-corrected chi connectivity index (χ0v) is 24.8. The first-order valence-electron chi connectivity index (χ1n) is 12.9. The van der Waals surface area contributed by atoms with E-state index in [4.69, 9.17) is 19.6 Å². The van der Waals surface area contributed by atoms with Crippen LogP contribution in [-0.4, -0.2) is 54.1 Å². The monoisotopic (exact) mass is 554 g/mol. The van der Waals surface area contributed by atoms with Gasteiger partial charge in [0.25, 0.3) is 0 Å². The molecule has 0 aliphatic rings. The van der Waals surface area contributed by atoms with Gasteiger partial charge in [-0.05, 0) is 62.4 Å². The first-order chi connectivity index (χ1) is 18.0. The van der Waals surface area contributed by atoms with E-state index in [1.165, 1.54) is 54.1 Å². The third-order valence-corrected chi connectivity index (χ3v) is 5.63. The molecule has 38 heavy (non-hydrogen) atoms. The van der Waals surface area contributed by atoms with Crippen molar-refractivity contribution < 1.29 is 38.7 Å². The quantitative estimate of drug-likeness (QED) is 0.0761. The van der Waals surface area contributed by atoms with Crippen LogP contribution in [0.1, 0.15) is 51.7 Å². The summed E-state index contributed by atoms with van der Waals surface area (Å²) in [5.41, 5.74) is 2.26. The topological polar surface area (TPSA) is 121 Å². The number of hydrogen-bond donors (Lipinski definition) is 5. The number of phosphoric acid groups is 1. The molecule has 0 radical (unpaired) electrons. The number of nitrogens with one attached hydrogen (secondary N) is 1. The summed E-state index contributed by atoms with van der Waals surface area (Å²) >= 11 is 0. The molecule has 0 fully saturated rings. The zero-order chi connectivity index (χ0) is 29.4. The molecule has 2 rings (SSSR count). The van der Waals surface area contributed by atoms with Gasteiger partial charge >= 0.3 is 7.82 Å². The van der Waals surface area contributed by atoms with E-state index >= 15 is 0 Å².